The molecule has 1 atom stereocenters. The first kappa shape index (κ1) is 18.2. The summed E-state index contributed by atoms with van der Waals surface area (Å²) in [5.74, 6) is 0.142. The molecule has 7 nitrogen and oxygen atoms in total. The van der Waals surface area contributed by atoms with Crippen LogP contribution >= 0.6 is 0 Å². The van der Waals surface area contributed by atoms with E-state index in [2.05, 4.69) is 10.6 Å². The fourth-order valence-electron chi connectivity index (χ4n) is 3.35. The molecule has 1 amide bonds. The van der Waals surface area contributed by atoms with Crippen molar-refractivity contribution in [1.29, 1.82) is 0 Å². The normalized spacial score (nSPS) is 21.9. The van der Waals surface area contributed by atoms with E-state index in [0.29, 0.717) is 25.3 Å². The molecule has 2 N–H and O–H groups in total. The minimum atomic E-state index is -3.56. The highest BCUT2D eigenvalue weighted by Crippen LogP contribution is 2.31. The predicted octanol–water partition coefficient (Wildman–Crippen LogP) is 1.42. The molecule has 0 aliphatic carbocycles. The molecule has 3 rings (SSSR count). The van der Waals surface area contributed by atoms with E-state index in [1.807, 2.05) is 0 Å². The lowest BCUT2D eigenvalue weighted by atomic mass is 9.99. The molecule has 0 spiro atoms. The molecular weight excluding hydrogens is 342 g/mol. The molecular formula is C17H25N3O4S. The number of nitrogens with one attached hydrogen (secondary N) is 2. The third-order valence-electron chi connectivity index (χ3n) is 4.78. The van der Waals surface area contributed by atoms with Gasteiger partial charge in [0.05, 0.1) is 13.0 Å². The summed E-state index contributed by atoms with van der Waals surface area (Å²) in [5, 5.41) is 6.08. The molecule has 25 heavy (non-hydrogen) atoms. The maximum Gasteiger partial charge on any atom is 0.246 e. The number of hydrogen-bond acceptors (Lipinski definition) is 5. The van der Waals surface area contributed by atoms with E-state index in [4.69, 9.17) is 4.74 Å². The summed E-state index contributed by atoms with van der Waals surface area (Å²) in [6.07, 6.45) is 3.60. The Labute approximate surface area is 148 Å². The van der Waals surface area contributed by atoms with Gasteiger partial charge in [-0.25, -0.2) is 8.42 Å². The van der Waals surface area contributed by atoms with Gasteiger partial charge in [0.2, 0.25) is 15.9 Å². The number of methoxy groups -OCH3 is 1. The number of amides is 1. The van der Waals surface area contributed by atoms with Crippen LogP contribution in [0.1, 0.15) is 25.7 Å². The lowest BCUT2D eigenvalue weighted by Gasteiger charge is -2.22. The van der Waals surface area contributed by atoms with Gasteiger partial charge in [-0.15, -0.1) is 0 Å². The van der Waals surface area contributed by atoms with Crippen molar-refractivity contribution in [3.63, 3.8) is 0 Å². The summed E-state index contributed by atoms with van der Waals surface area (Å²) in [7, 11) is -2.12. The van der Waals surface area contributed by atoms with Crippen molar-refractivity contribution in [2.24, 2.45) is 5.92 Å². The van der Waals surface area contributed by atoms with Gasteiger partial charge >= 0.3 is 0 Å². The largest absolute Gasteiger partial charge is 0.495 e. The average molecular weight is 367 g/mol. The summed E-state index contributed by atoms with van der Waals surface area (Å²) >= 11 is 0. The number of piperidine rings is 1. The molecule has 0 saturated carbocycles. The quantitative estimate of drug-likeness (QED) is 0.822. The third-order valence-corrected chi connectivity index (χ3v) is 6.72. The van der Waals surface area contributed by atoms with Gasteiger partial charge in [-0.3, -0.25) is 4.79 Å². The van der Waals surface area contributed by atoms with E-state index < -0.39 is 10.0 Å². The van der Waals surface area contributed by atoms with Crippen LogP contribution in [-0.2, 0) is 14.8 Å². The minimum absolute atomic E-state index is 0.0515. The first-order chi connectivity index (χ1) is 12.0. The van der Waals surface area contributed by atoms with Gasteiger partial charge in [0.15, 0.2) is 0 Å². The summed E-state index contributed by atoms with van der Waals surface area (Å²) in [5.41, 5.74) is 0.549. The maximum atomic E-state index is 12.7. The van der Waals surface area contributed by atoms with Crippen LogP contribution in [-0.4, -0.2) is 51.9 Å². The SMILES string of the molecule is COc1cc(NC(=O)C2CCCNC2)ccc1S(=O)(=O)N1CCCC1. The Morgan fingerprint density at radius 3 is 2.68 bits per heavy atom. The molecule has 0 radical (unpaired) electrons. The Morgan fingerprint density at radius 2 is 2.04 bits per heavy atom. The van der Waals surface area contributed by atoms with Crippen molar-refractivity contribution >= 4 is 21.6 Å². The molecule has 2 aliphatic heterocycles. The Bertz CT molecular complexity index is 723. The summed E-state index contributed by atoms with van der Waals surface area (Å²) in [6, 6.07) is 4.72. The monoisotopic (exact) mass is 367 g/mol. The molecule has 2 saturated heterocycles. The van der Waals surface area contributed by atoms with E-state index in [9.17, 15) is 13.2 Å². The number of rotatable bonds is 5. The highest BCUT2D eigenvalue weighted by molar-refractivity contribution is 7.89. The Balaban J connectivity index is 1.78. The van der Waals surface area contributed by atoms with E-state index in [1.54, 1.807) is 12.1 Å². The second-order valence-electron chi connectivity index (χ2n) is 6.51. The fraction of sp³-hybridized carbons (Fsp3) is 0.588. The number of carbonyl (C=O) groups excluding carboxylic acids is 1. The zero-order valence-electron chi connectivity index (χ0n) is 14.5. The van der Waals surface area contributed by atoms with E-state index in [0.717, 1.165) is 32.2 Å². The smallest absolute Gasteiger partial charge is 0.246 e. The van der Waals surface area contributed by atoms with Gasteiger partial charge in [-0.1, -0.05) is 0 Å². The van der Waals surface area contributed by atoms with Crippen LogP contribution in [0.25, 0.3) is 0 Å². The zero-order chi connectivity index (χ0) is 17.9. The Morgan fingerprint density at radius 1 is 1.28 bits per heavy atom. The van der Waals surface area contributed by atoms with Gasteiger partial charge in [0.25, 0.3) is 0 Å². The predicted molar refractivity (Wildman–Crippen MR) is 95.2 cm³/mol. The zero-order valence-corrected chi connectivity index (χ0v) is 15.3. The van der Waals surface area contributed by atoms with Crippen LogP contribution in [0.4, 0.5) is 5.69 Å². The van der Waals surface area contributed by atoms with Crippen LogP contribution in [0.15, 0.2) is 23.1 Å². The van der Waals surface area contributed by atoms with Crippen molar-refractivity contribution in [2.75, 3.05) is 38.6 Å². The van der Waals surface area contributed by atoms with E-state index in [-0.39, 0.29) is 22.5 Å². The number of ether oxygens (including phenoxy) is 1. The van der Waals surface area contributed by atoms with Crippen LogP contribution in [0, 0.1) is 5.92 Å². The van der Waals surface area contributed by atoms with Gasteiger partial charge in [0.1, 0.15) is 10.6 Å². The topological polar surface area (TPSA) is 87.7 Å². The highest BCUT2D eigenvalue weighted by atomic mass is 32.2. The first-order valence-electron chi connectivity index (χ1n) is 8.72. The van der Waals surface area contributed by atoms with Gasteiger partial charge in [-0.2, -0.15) is 4.31 Å². The van der Waals surface area contributed by atoms with Crippen LogP contribution in [0.2, 0.25) is 0 Å². The maximum absolute atomic E-state index is 12.7. The molecule has 2 heterocycles. The molecule has 0 aromatic heterocycles. The molecule has 2 aliphatic rings. The van der Waals surface area contributed by atoms with Gasteiger partial charge in [-0.05, 0) is 44.4 Å². The molecule has 138 valence electrons. The van der Waals surface area contributed by atoms with Crippen molar-refractivity contribution < 1.29 is 17.9 Å². The van der Waals surface area contributed by atoms with Crippen LogP contribution in [0.3, 0.4) is 0 Å². The second-order valence-corrected chi connectivity index (χ2v) is 8.42. The van der Waals surface area contributed by atoms with E-state index >= 15 is 0 Å². The number of carbonyl (C=O) groups is 1. The molecule has 1 aromatic carbocycles. The number of anilines is 1. The van der Waals surface area contributed by atoms with E-state index in [1.165, 1.54) is 17.5 Å². The molecule has 1 aromatic rings. The van der Waals surface area contributed by atoms with Crippen molar-refractivity contribution in [2.45, 2.75) is 30.6 Å². The Kier molecular flexibility index (Phi) is 5.61. The fourth-order valence-corrected chi connectivity index (χ4v) is 5.00. The van der Waals surface area contributed by atoms with Crippen molar-refractivity contribution in [3.8, 4) is 5.75 Å². The standard InChI is InChI=1S/C17H25N3O4S/c1-24-15-11-14(19-17(21)13-5-4-8-18-12-13)6-7-16(15)25(22,23)20-9-2-3-10-20/h6-7,11,13,18H,2-5,8-10,12H2,1H3,(H,19,21). The van der Waals surface area contributed by atoms with Crippen LogP contribution in [0.5, 0.6) is 5.75 Å². The summed E-state index contributed by atoms with van der Waals surface area (Å²) in [6.45, 7) is 2.70. The van der Waals surface area contributed by atoms with Crippen molar-refractivity contribution in [3.05, 3.63) is 18.2 Å². The highest BCUT2D eigenvalue weighted by Gasteiger charge is 2.30. The molecule has 1 unspecified atom stereocenters. The number of benzene rings is 1. The van der Waals surface area contributed by atoms with Gasteiger partial charge in [0, 0.05) is 31.4 Å². The molecule has 2 fully saturated rings. The second kappa shape index (κ2) is 7.72. The molecule has 8 heteroatoms. The van der Waals surface area contributed by atoms with Crippen molar-refractivity contribution in [1.82, 2.24) is 9.62 Å². The average Bonchev–Trinajstić information content (AvgIpc) is 3.17. The lowest BCUT2D eigenvalue weighted by molar-refractivity contribution is -0.120. The van der Waals surface area contributed by atoms with Crippen LogP contribution < -0.4 is 15.4 Å². The molecule has 0 bridgehead atoms. The Hall–Kier alpha value is -1.64. The van der Waals surface area contributed by atoms with Gasteiger partial charge < -0.3 is 15.4 Å². The minimum Gasteiger partial charge on any atom is -0.495 e. The number of sulfonamides is 1. The summed E-state index contributed by atoms with van der Waals surface area (Å²) < 4.78 is 32.3. The number of nitrogens with zero attached hydrogens (tertiary/aromatic N) is 1. The lowest BCUT2D eigenvalue weighted by Crippen LogP contribution is -2.37. The number of hydrogen-bond donors (Lipinski definition) is 2. The third kappa shape index (κ3) is 3.96. The first-order valence-corrected chi connectivity index (χ1v) is 10.2. The summed E-state index contributed by atoms with van der Waals surface area (Å²) in [4.78, 5) is 12.5.